The normalized spacial score (nSPS) is 41.3. The van der Waals surface area contributed by atoms with Gasteiger partial charge in [0.1, 0.15) is 0 Å². The summed E-state index contributed by atoms with van der Waals surface area (Å²) in [6.45, 7) is 9.40. The Morgan fingerprint density at radius 1 is 1.08 bits per heavy atom. The summed E-state index contributed by atoms with van der Waals surface area (Å²) >= 11 is 0. The maximum absolute atomic E-state index is 5.76. The van der Waals surface area contributed by atoms with Gasteiger partial charge in [-0.25, -0.2) is 0 Å². The smallest absolute Gasteiger partial charge is 0.0183 e. The van der Waals surface area contributed by atoms with Gasteiger partial charge in [0.05, 0.1) is 0 Å². The summed E-state index contributed by atoms with van der Waals surface area (Å²) in [6, 6.07) is 1.85. The predicted octanol–water partition coefficient (Wildman–Crippen LogP) is 1.50. The van der Waals surface area contributed by atoms with E-state index in [0.717, 1.165) is 0 Å². The Morgan fingerprint density at radius 2 is 1.54 bits per heavy atom. The van der Waals surface area contributed by atoms with Gasteiger partial charge in [0.25, 0.3) is 0 Å². The Balaban J connectivity index is 1.85. The Hall–Kier alpha value is -0.0800. The molecule has 0 aromatic heterocycles. The van der Waals surface area contributed by atoms with Crippen molar-refractivity contribution >= 4 is 0 Å². The molecule has 2 heteroatoms. The highest BCUT2D eigenvalue weighted by atomic mass is 15.1. The van der Waals surface area contributed by atoms with E-state index in [4.69, 9.17) is 5.73 Å². The van der Waals surface area contributed by atoms with Crippen molar-refractivity contribution in [2.45, 2.75) is 58.7 Å². The number of rotatable bonds is 2. The lowest BCUT2D eigenvalue weighted by Crippen LogP contribution is -2.50. The van der Waals surface area contributed by atoms with Gasteiger partial charge in [-0.05, 0) is 23.7 Å². The summed E-state index contributed by atoms with van der Waals surface area (Å²) in [6.07, 6.45) is 2.34. The second-order valence-electron chi connectivity index (χ2n) is 5.97. The van der Waals surface area contributed by atoms with Crippen LogP contribution in [0.5, 0.6) is 0 Å². The fourth-order valence-corrected chi connectivity index (χ4v) is 2.65. The Bertz CT molecular complexity index is 200. The number of hydrogen-bond donors (Lipinski definition) is 2. The van der Waals surface area contributed by atoms with Crippen molar-refractivity contribution in [3.05, 3.63) is 0 Å². The second kappa shape index (κ2) is 2.48. The van der Waals surface area contributed by atoms with Gasteiger partial charge in [-0.3, -0.25) is 0 Å². The zero-order valence-electron chi connectivity index (χ0n) is 9.22. The van der Waals surface area contributed by atoms with Gasteiger partial charge in [-0.15, -0.1) is 0 Å². The molecule has 0 aliphatic heterocycles. The van der Waals surface area contributed by atoms with Crippen LogP contribution in [-0.4, -0.2) is 18.1 Å². The fraction of sp³-hybridized carbons (Fsp3) is 1.00. The zero-order chi connectivity index (χ0) is 9.85. The first-order valence-corrected chi connectivity index (χ1v) is 5.37. The lowest BCUT2D eigenvalue weighted by molar-refractivity contribution is 0.277. The molecule has 0 spiro atoms. The summed E-state index contributed by atoms with van der Waals surface area (Å²) < 4.78 is 0. The summed E-state index contributed by atoms with van der Waals surface area (Å²) in [7, 11) is 0. The van der Waals surface area contributed by atoms with Gasteiger partial charge in [0, 0.05) is 18.1 Å². The Kier molecular flexibility index (Phi) is 1.81. The first-order valence-electron chi connectivity index (χ1n) is 5.37. The van der Waals surface area contributed by atoms with Crippen LogP contribution in [0.4, 0.5) is 0 Å². The van der Waals surface area contributed by atoms with Crippen molar-refractivity contribution < 1.29 is 0 Å². The van der Waals surface area contributed by atoms with Gasteiger partial charge in [0.2, 0.25) is 0 Å². The molecule has 2 aliphatic rings. The topological polar surface area (TPSA) is 38.0 Å². The molecule has 2 rings (SSSR count). The van der Waals surface area contributed by atoms with Gasteiger partial charge >= 0.3 is 0 Å². The first kappa shape index (κ1) is 9.47. The molecular formula is C11H22N2. The average molecular weight is 182 g/mol. The van der Waals surface area contributed by atoms with Crippen molar-refractivity contribution in [2.75, 3.05) is 0 Å². The van der Waals surface area contributed by atoms with E-state index in [1.165, 1.54) is 12.8 Å². The Labute approximate surface area is 81.3 Å². The molecule has 2 nitrogen and oxygen atoms in total. The van der Waals surface area contributed by atoms with Crippen LogP contribution in [-0.2, 0) is 0 Å². The zero-order valence-corrected chi connectivity index (χ0v) is 9.22. The largest absolute Gasteiger partial charge is 0.328 e. The number of hydrogen-bond acceptors (Lipinski definition) is 2. The molecule has 0 heterocycles. The van der Waals surface area contributed by atoms with E-state index in [9.17, 15) is 0 Å². The number of nitrogens with one attached hydrogen (secondary N) is 1. The van der Waals surface area contributed by atoms with E-state index >= 15 is 0 Å². The maximum Gasteiger partial charge on any atom is 0.0183 e. The minimum absolute atomic E-state index is 0.461. The van der Waals surface area contributed by atoms with Crippen molar-refractivity contribution in [3.63, 3.8) is 0 Å². The van der Waals surface area contributed by atoms with E-state index in [-0.39, 0.29) is 0 Å². The van der Waals surface area contributed by atoms with Crippen molar-refractivity contribution in [2.24, 2.45) is 16.6 Å². The highest BCUT2D eigenvalue weighted by Gasteiger charge is 2.65. The first-order chi connectivity index (χ1) is 5.85. The molecule has 0 unspecified atom stereocenters. The van der Waals surface area contributed by atoms with Gasteiger partial charge in [-0.2, -0.15) is 0 Å². The van der Waals surface area contributed by atoms with Crippen LogP contribution in [0.2, 0.25) is 0 Å². The molecule has 2 saturated carbocycles. The molecule has 3 N–H and O–H groups in total. The molecule has 0 aromatic carbocycles. The molecule has 0 saturated heterocycles. The molecule has 0 bridgehead atoms. The van der Waals surface area contributed by atoms with Gasteiger partial charge < -0.3 is 11.1 Å². The van der Waals surface area contributed by atoms with E-state index in [2.05, 4.69) is 33.0 Å². The molecule has 0 radical (unpaired) electrons. The van der Waals surface area contributed by atoms with Crippen LogP contribution < -0.4 is 11.1 Å². The minimum Gasteiger partial charge on any atom is -0.328 e. The molecule has 0 aromatic rings. The van der Waals surface area contributed by atoms with Crippen LogP contribution >= 0.6 is 0 Å². The maximum atomic E-state index is 5.76. The molecular weight excluding hydrogens is 160 g/mol. The Morgan fingerprint density at radius 3 is 1.85 bits per heavy atom. The summed E-state index contributed by atoms with van der Waals surface area (Å²) in [5, 5.41) is 3.72. The molecule has 76 valence electrons. The average Bonchev–Trinajstić information content (AvgIpc) is 2.28. The van der Waals surface area contributed by atoms with Crippen molar-refractivity contribution in [1.29, 1.82) is 0 Å². The number of nitrogens with two attached hydrogens (primary N) is 1. The van der Waals surface area contributed by atoms with E-state index in [0.29, 0.717) is 29.0 Å². The van der Waals surface area contributed by atoms with E-state index < -0.39 is 0 Å². The third-order valence-corrected chi connectivity index (χ3v) is 4.60. The summed E-state index contributed by atoms with van der Waals surface area (Å²) in [5.74, 6) is 0. The lowest BCUT2D eigenvalue weighted by Gasteiger charge is -2.34. The summed E-state index contributed by atoms with van der Waals surface area (Å²) in [5.41, 5.74) is 6.69. The highest BCUT2D eigenvalue weighted by molar-refractivity contribution is 5.19. The van der Waals surface area contributed by atoms with Crippen molar-refractivity contribution in [1.82, 2.24) is 5.32 Å². The van der Waals surface area contributed by atoms with Crippen LogP contribution in [0.15, 0.2) is 0 Å². The van der Waals surface area contributed by atoms with Gasteiger partial charge in [-0.1, -0.05) is 27.7 Å². The summed E-state index contributed by atoms with van der Waals surface area (Å²) in [4.78, 5) is 0. The quantitative estimate of drug-likeness (QED) is 0.679. The fourth-order valence-electron chi connectivity index (χ4n) is 2.65. The van der Waals surface area contributed by atoms with Crippen LogP contribution in [0.1, 0.15) is 40.5 Å². The third kappa shape index (κ3) is 1.23. The molecule has 0 amide bonds. The highest BCUT2D eigenvalue weighted by Crippen LogP contribution is 2.63. The van der Waals surface area contributed by atoms with Crippen LogP contribution in [0, 0.1) is 10.8 Å². The van der Waals surface area contributed by atoms with Gasteiger partial charge in [0.15, 0.2) is 0 Å². The van der Waals surface area contributed by atoms with E-state index in [1.807, 2.05) is 0 Å². The van der Waals surface area contributed by atoms with Crippen LogP contribution in [0.3, 0.4) is 0 Å². The minimum atomic E-state index is 0.461. The molecule has 2 aliphatic carbocycles. The third-order valence-electron chi connectivity index (χ3n) is 4.60. The lowest BCUT2D eigenvalue weighted by atomic mass is 9.87. The van der Waals surface area contributed by atoms with E-state index in [1.54, 1.807) is 0 Å². The standard InChI is InChI=1S/C11H22N2/c1-10(2)9(11(10,3)4)13-8-5-7(12)6-8/h7-9,13H,5-6,12H2,1-4H3. The molecule has 13 heavy (non-hydrogen) atoms. The monoisotopic (exact) mass is 182 g/mol. The second-order valence-corrected chi connectivity index (χ2v) is 5.97. The molecule has 2 fully saturated rings. The SMILES string of the molecule is CC1(C)C(NC2CC(N)C2)C1(C)C. The predicted molar refractivity (Wildman–Crippen MR) is 55.5 cm³/mol. The van der Waals surface area contributed by atoms with Crippen molar-refractivity contribution in [3.8, 4) is 0 Å². The van der Waals surface area contributed by atoms with Crippen LogP contribution in [0.25, 0.3) is 0 Å². The molecule has 0 atom stereocenters.